The van der Waals surface area contributed by atoms with E-state index in [0.29, 0.717) is 25.5 Å². The van der Waals surface area contributed by atoms with Gasteiger partial charge < -0.3 is 25.2 Å². The molecule has 2 heterocycles. The Morgan fingerprint density at radius 3 is 2.44 bits per heavy atom. The molecule has 174 valence electrons. The molecule has 0 atom stereocenters. The molecule has 2 aromatic rings. The quantitative estimate of drug-likeness (QED) is 0.215. The average Bonchev–Trinajstić information content (AvgIpc) is 2.84. The number of anilines is 1. The van der Waals surface area contributed by atoms with Gasteiger partial charge in [-0.15, -0.1) is 24.0 Å². The lowest BCUT2D eigenvalue weighted by atomic mass is 10.2. The van der Waals surface area contributed by atoms with Gasteiger partial charge in [-0.1, -0.05) is 24.3 Å². The number of nitrogens with zero attached hydrogens (tertiary/aromatic N) is 4. The minimum Gasteiger partial charge on any atom is -0.494 e. The van der Waals surface area contributed by atoms with Gasteiger partial charge in [-0.25, -0.2) is 4.98 Å². The maximum absolute atomic E-state index is 12.5. The Morgan fingerprint density at radius 1 is 1.03 bits per heavy atom. The van der Waals surface area contributed by atoms with E-state index in [1.165, 1.54) is 0 Å². The maximum Gasteiger partial charge on any atom is 0.224 e. The van der Waals surface area contributed by atoms with Gasteiger partial charge >= 0.3 is 0 Å². The van der Waals surface area contributed by atoms with Crippen LogP contribution in [0.3, 0.4) is 0 Å². The molecule has 1 aliphatic rings. The van der Waals surface area contributed by atoms with Crippen molar-refractivity contribution in [3.63, 3.8) is 0 Å². The van der Waals surface area contributed by atoms with Crippen molar-refractivity contribution in [2.75, 3.05) is 57.8 Å². The van der Waals surface area contributed by atoms with Crippen LogP contribution in [-0.2, 0) is 4.79 Å². The number of amides is 1. The molecule has 0 spiro atoms. The van der Waals surface area contributed by atoms with Crippen LogP contribution < -0.4 is 20.3 Å². The van der Waals surface area contributed by atoms with Crippen LogP contribution in [0.1, 0.15) is 12.8 Å². The highest BCUT2D eigenvalue weighted by Gasteiger charge is 2.21. The second kappa shape index (κ2) is 14.5. The second-order valence-electron chi connectivity index (χ2n) is 7.25. The number of hydrogen-bond donors (Lipinski definition) is 2. The molecular weight excluding hydrogens is 519 g/mol. The number of aromatic nitrogens is 1. The summed E-state index contributed by atoms with van der Waals surface area (Å²) in [5.74, 6) is 2.72. The standard InChI is InChI=1S/C23H32N6O2.HI/c1-24-23(26-13-7-19-31-20-8-3-2-4-9-20)27-14-11-22(30)29-17-15-28(16-18-29)21-10-5-6-12-25-21;/h2-6,8-10,12H,7,11,13-19H2,1H3,(H2,24,26,27);1H. The predicted molar refractivity (Wildman–Crippen MR) is 139 cm³/mol. The van der Waals surface area contributed by atoms with Crippen molar-refractivity contribution in [3.05, 3.63) is 54.7 Å². The monoisotopic (exact) mass is 552 g/mol. The lowest BCUT2D eigenvalue weighted by Gasteiger charge is -2.35. The highest BCUT2D eigenvalue weighted by atomic mass is 127. The minimum atomic E-state index is 0. The van der Waals surface area contributed by atoms with E-state index in [4.69, 9.17) is 4.74 Å². The molecule has 0 saturated carbocycles. The third-order valence-electron chi connectivity index (χ3n) is 5.09. The summed E-state index contributed by atoms with van der Waals surface area (Å²) in [6.45, 7) is 5.01. The van der Waals surface area contributed by atoms with E-state index in [-0.39, 0.29) is 29.9 Å². The molecule has 1 saturated heterocycles. The zero-order valence-corrected chi connectivity index (χ0v) is 20.9. The van der Waals surface area contributed by atoms with E-state index in [1.807, 2.05) is 53.4 Å². The molecule has 1 aromatic heterocycles. The van der Waals surface area contributed by atoms with Gasteiger partial charge in [0.1, 0.15) is 11.6 Å². The summed E-state index contributed by atoms with van der Waals surface area (Å²) in [6.07, 6.45) is 3.10. The fourth-order valence-electron chi connectivity index (χ4n) is 3.38. The zero-order chi connectivity index (χ0) is 21.7. The number of halogens is 1. The molecule has 3 rings (SSSR count). The smallest absolute Gasteiger partial charge is 0.224 e. The van der Waals surface area contributed by atoms with Gasteiger partial charge in [0.2, 0.25) is 5.91 Å². The van der Waals surface area contributed by atoms with Crippen molar-refractivity contribution < 1.29 is 9.53 Å². The first-order valence-corrected chi connectivity index (χ1v) is 10.8. The van der Waals surface area contributed by atoms with Gasteiger partial charge in [-0.2, -0.15) is 0 Å². The summed E-state index contributed by atoms with van der Waals surface area (Å²) in [4.78, 5) is 25.3. The molecule has 0 aliphatic carbocycles. The van der Waals surface area contributed by atoms with E-state index < -0.39 is 0 Å². The molecule has 1 aromatic carbocycles. The SMILES string of the molecule is CN=C(NCCCOc1ccccc1)NCCC(=O)N1CCN(c2ccccn2)CC1.I. The van der Waals surface area contributed by atoms with Gasteiger partial charge in [0.05, 0.1) is 6.61 Å². The van der Waals surface area contributed by atoms with Crippen molar-refractivity contribution in [2.24, 2.45) is 4.99 Å². The first-order chi connectivity index (χ1) is 15.3. The number of pyridine rings is 1. The lowest BCUT2D eigenvalue weighted by molar-refractivity contribution is -0.131. The molecule has 1 fully saturated rings. The predicted octanol–water partition coefficient (Wildman–Crippen LogP) is 2.37. The van der Waals surface area contributed by atoms with Crippen LogP contribution in [0.5, 0.6) is 5.75 Å². The number of guanidine groups is 1. The van der Waals surface area contributed by atoms with E-state index in [0.717, 1.165) is 50.7 Å². The average molecular weight is 552 g/mol. The number of hydrogen-bond acceptors (Lipinski definition) is 5. The summed E-state index contributed by atoms with van der Waals surface area (Å²) in [5, 5.41) is 6.47. The third kappa shape index (κ3) is 8.52. The summed E-state index contributed by atoms with van der Waals surface area (Å²) in [7, 11) is 1.73. The Hall–Kier alpha value is -2.56. The highest BCUT2D eigenvalue weighted by Crippen LogP contribution is 2.13. The fourth-order valence-corrected chi connectivity index (χ4v) is 3.38. The summed E-state index contributed by atoms with van der Waals surface area (Å²) < 4.78 is 5.68. The molecule has 2 N–H and O–H groups in total. The van der Waals surface area contributed by atoms with Crippen LogP contribution >= 0.6 is 24.0 Å². The first-order valence-electron chi connectivity index (χ1n) is 10.8. The van der Waals surface area contributed by atoms with Gasteiger partial charge in [0.25, 0.3) is 0 Å². The fraction of sp³-hybridized carbons (Fsp3) is 0.435. The number of carbonyl (C=O) groups excluding carboxylic acids is 1. The van der Waals surface area contributed by atoms with Crippen molar-refractivity contribution in [1.82, 2.24) is 20.5 Å². The van der Waals surface area contributed by atoms with Crippen LogP contribution in [0.15, 0.2) is 59.7 Å². The third-order valence-corrected chi connectivity index (χ3v) is 5.09. The Kier molecular flexibility index (Phi) is 11.6. The Balaban J connectivity index is 0.00000363. The van der Waals surface area contributed by atoms with Gasteiger partial charge in [-0.05, 0) is 30.7 Å². The maximum atomic E-state index is 12.5. The number of carbonyl (C=O) groups is 1. The van der Waals surface area contributed by atoms with E-state index in [1.54, 1.807) is 13.2 Å². The summed E-state index contributed by atoms with van der Waals surface area (Å²) in [5.41, 5.74) is 0. The van der Waals surface area contributed by atoms with E-state index >= 15 is 0 Å². The summed E-state index contributed by atoms with van der Waals surface area (Å²) in [6, 6.07) is 15.7. The number of piperazine rings is 1. The number of aliphatic imine (C=N–C) groups is 1. The van der Waals surface area contributed by atoms with Gasteiger partial charge in [0.15, 0.2) is 5.96 Å². The van der Waals surface area contributed by atoms with Crippen LogP contribution in [0, 0.1) is 0 Å². The minimum absolute atomic E-state index is 0. The molecule has 1 aliphatic heterocycles. The number of ether oxygens (including phenoxy) is 1. The van der Waals surface area contributed by atoms with Crippen molar-refractivity contribution in [2.45, 2.75) is 12.8 Å². The Bertz CT molecular complexity index is 814. The second-order valence-corrected chi connectivity index (χ2v) is 7.25. The number of para-hydroxylation sites is 1. The van der Waals surface area contributed by atoms with Gasteiger partial charge in [-0.3, -0.25) is 9.79 Å². The molecule has 0 radical (unpaired) electrons. The van der Waals surface area contributed by atoms with Crippen molar-refractivity contribution in [1.29, 1.82) is 0 Å². The largest absolute Gasteiger partial charge is 0.494 e. The molecule has 8 nitrogen and oxygen atoms in total. The van der Waals surface area contributed by atoms with E-state index in [9.17, 15) is 4.79 Å². The molecular formula is C23H33IN6O2. The molecule has 1 amide bonds. The van der Waals surface area contributed by atoms with Crippen LogP contribution in [0.25, 0.3) is 0 Å². The van der Waals surface area contributed by atoms with Crippen molar-refractivity contribution in [3.8, 4) is 5.75 Å². The molecule has 9 heteroatoms. The lowest BCUT2D eigenvalue weighted by Crippen LogP contribution is -2.49. The topological polar surface area (TPSA) is 82.1 Å². The van der Waals surface area contributed by atoms with Gasteiger partial charge in [0, 0.05) is 58.9 Å². The first kappa shape index (κ1) is 25.7. The normalized spacial score (nSPS) is 13.8. The van der Waals surface area contributed by atoms with Crippen LogP contribution in [-0.4, -0.2) is 74.7 Å². The zero-order valence-electron chi connectivity index (χ0n) is 18.6. The van der Waals surface area contributed by atoms with E-state index in [2.05, 4.69) is 25.5 Å². The van der Waals surface area contributed by atoms with Crippen LogP contribution in [0.2, 0.25) is 0 Å². The van der Waals surface area contributed by atoms with Crippen LogP contribution in [0.4, 0.5) is 5.82 Å². The highest BCUT2D eigenvalue weighted by molar-refractivity contribution is 14.0. The summed E-state index contributed by atoms with van der Waals surface area (Å²) >= 11 is 0. The molecule has 0 bridgehead atoms. The Labute approximate surface area is 207 Å². The number of benzene rings is 1. The van der Waals surface area contributed by atoms with Crippen molar-refractivity contribution >= 4 is 41.7 Å². The Morgan fingerprint density at radius 2 is 1.75 bits per heavy atom. The number of nitrogens with one attached hydrogen (secondary N) is 2. The molecule has 32 heavy (non-hydrogen) atoms. The molecule has 0 unspecified atom stereocenters. The number of rotatable bonds is 9.